The number of hydrogen-bond donors (Lipinski definition) is 2. The predicted octanol–water partition coefficient (Wildman–Crippen LogP) is 4.46. The molecule has 0 unspecified atom stereocenters. The van der Waals surface area contributed by atoms with Crippen LogP contribution < -0.4 is 20.1 Å². The van der Waals surface area contributed by atoms with E-state index in [2.05, 4.69) is 15.6 Å². The topological polar surface area (TPSA) is 72.5 Å². The first-order valence-electron chi connectivity index (χ1n) is 7.87. The Bertz CT molecular complexity index is 960. The fourth-order valence-corrected chi connectivity index (χ4v) is 2.69. The van der Waals surface area contributed by atoms with E-state index in [4.69, 9.17) is 21.1 Å². The number of anilines is 3. The number of halogens is 1. The van der Waals surface area contributed by atoms with Crippen molar-refractivity contribution in [1.82, 2.24) is 4.98 Å². The summed E-state index contributed by atoms with van der Waals surface area (Å²) in [6.07, 6.45) is 1.58. The Kier molecular flexibility index (Phi) is 4.33. The summed E-state index contributed by atoms with van der Waals surface area (Å²) >= 11 is 5.91. The Morgan fingerprint density at radius 3 is 2.65 bits per heavy atom. The van der Waals surface area contributed by atoms with E-state index in [1.165, 1.54) is 0 Å². The highest BCUT2D eigenvalue weighted by Crippen LogP contribution is 2.34. The molecule has 6 nitrogen and oxygen atoms in total. The van der Waals surface area contributed by atoms with Crippen LogP contribution in [0.1, 0.15) is 10.4 Å². The molecule has 7 heteroatoms. The molecule has 0 aliphatic carbocycles. The van der Waals surface area contributed by atoms with E-state index in [0.29, 0.717) is 27.8 Å². The third-order valence-corrected chi connectivity index (χ3v) is 3.99. The number of benzene rings is 2. The van der Waals surface area contributed by atoms with Crippen molar-refractivity contribution < 1.29 is 14.3 Å². The molecular formula is C19H14ClN3O3. The molecule has 2 heterocycles. The number of fused-ring (bicyclic) bond motifs is 1. The Balaban J connectivity index is 1.43. The summed E-state index contributed by atoms with van der Waals surface area (Å²) in [6, 6.07) is 15.9. The maximum absolute atomic E-state index is 12.2. The molecule has 1 amide bonds. The van der Waals surface area contributed by atoms with E-state index >= 15 is 0 Å². The minimum Gasteiger partial charge on any atom is -0.454 e. The van der Waals surface area contributed by atoms with Gasteiger partial charge in [0.25, 0.3) is 5.91 Å². The minimum absolute atomic E-state index is 0.234. The smallest absolute Gasteiger partial charge is 0.255 e. The highest BCUT2D eigenvalue weighted by molar-refractivity contribution is 6.31. The van der Waals surface area contributed by atoms with E-state index in [1.54, 1.807) is 42.6 Å². The van der Waals surface area contributed by atoms with Crippen molar-refractivity contribution in [2.75, 3.05) is 17.4 Å². The van der Waals surface area contributed by atoms with Gasteiger partial charge < -0.3 is 20.1 Å². The summed E-state index contributed by atoms with van der Waals surface area (Å²) in [5, 5.41) is 6.48. The molecule has 26 heavy (non-hydrogen) atoms. The summed E-state index contributed by atoms with van der Waals surface area (Å²) in [7, 11) is 0. The van der Waals surface area contributed by atoms with Gasteiger partial charge in [0, 0.05) is 22.3 Å². The van der Waals surface area contributed by atoms with Crippen molar-refractivity contribution in [3.63, 3.8) is 0 Å². The highest BCUT2D eigenvalue weighted by Gasteiger charge is 2.13. The second-order valence-electron chi connectivity index (χ2n) is 5.59. The van der Waals surface area contributed by atoms with Crippen LogP contribution in [0, 0.1) is 0 Å². The van der Waals surface area contributed by atoms with Crippen LogP contribution in [-0.2, 0) is 0 Å². The molecule has 0 bridgehead atoms. The van der Waals surface area contributed by atoms with Gasteiger partial charge in [-0.1, -0.05) is 17.7 Å². The number of aromatic nitrogens is 1. The monoisotopic (exact) mass is 367 g/mol. The standard InChI is InChI=1S/C19H14ClN3O3/c20-13-3-1-2-12(8-13)19(24)23-15-5-7-18(21-10-15)22-14-4-6-16-17(9-14)26-11-25-16/h1-10H,11H2,(H,21,22)(H,23,24). The van der Waals surface area contributed by atoms with Crippen molar-refractivity contribution in [3.05, 3.63) is 71.4 Å². The molecule has 0 saturated carbocycles. The fraction of sp³-hybridized carbons (Fsp3) is 0.0526. The lowest BCUT2D eigenvalue weighted by Gasteiger charge is -2.08. The number of rotatable bonds is 4. The minimum atomic E-state index is -0.245. The van der Waals surface area contributed by atoms with Gasteiger partial charge in [-0.3, -0.25) is 4.79 Å². The second kappa shape index (κ2) is 6.93. The SMILES string of the molecule is O=C(Nc1ccc(Nc2ccc3c(c2)OCO3)nc1)c1cccc(Cl)c1. The summed E-state index contributed by atoms with van der Waals surface area (Å²) in [5.74, 6) is 1.82. The van der Waals surface area contributed by atoms with Crippen LogP contribution in [0.4, 0.5) is 17.2 Å². The summed E-state index contributed by atoms with van der Waals surface area (Å²) in [6.45, 7) is 0.234. The molecule has 1 aromatic heterocycles. The summed E-state index contributed by atoms with van der Waals surface area (Å²) in [5.41, 5.74) is 1.91. The lowest BCUT2D eigenvalue weighted by molar-refractivity contribution is 0.102. The molecule has 4 rings (SSSR count). The number of nitrogens with zero attached hydrogens (tertiary/aromatic N) is 1. The van der Waals surface area contributed by atoms with Crippen LogP contribution in [0.5, 0.6) is 11.5 Å². The average Bonchev–Trinajstić information content (AvgIpc) is 3.11. The molecule has 0 atom stereocenters. The van der Waals surface area contributed by atoms with Crippen molar-refractivity contribution in [2.24, 2.45) is 0 Å². The molecule has 130 valence electrons. The van der Waals surface area contributed by atoms with Crippen LogP contribution in [-0.4, -0.2) is 17.7 Å². The zero-order valence-electron chi connectivity index (χ0n) is 13.5. The Morgan fingerprint density at radius 2 is 1.85 bits per heavy atom. The van der Waals surface area contributed by atoms with Crippen molar-refractivity contribution in [1.29, 1.82) is 0 Å². The molecular weight excluding hydrogens is 354 g/mol. The average molecular weight is 368 g/mol. The molecule has 1 aliphatic heterocycles. The number of hydrogen-bond acceptors (Lipinski definition) is 5. The first kappa shape index (κ1) is 16.2. The quantitative estimate of drug-likeness (QED) is 0.712. The zero-order valence-corrected chi connectivity index (χ0v) is 14.3. The largest absolute Gasteiger partial charge is 0.454 e. The zero-order chi connectivity index (χ0) is 17.9. The number of ether oxygens (including phenoxy) is 2. The number of amides is 1. The molecule has 0 spiro atoms. The van der Waals surface area contributed by atoms with Crippen LogP contribution in [0.3, 0.4) is 0 Å². The first-order valence-corrected chi connectivity index (χ1v) is 8.25. The molecule has 3 aromatic rings. The number of pyridine rings is 1. The maximum Gasteiger partial charge on any atom is 0.255 e. The van der Waals surface area contributed by atoms with Crippen LogP contribution in [0.2, 0.25) is 5.02 Å². The normalized spacial score (nSPS) is 11.9. The predicted molar refractivity (Wildman–Crippen MR) is 99.5 cm³/mol. The third kappa shape index (κ3) is 3.55. The Labute approximate surface area is 154 Å². The summed E-state index contributed by atoms with van der Waals surface area (Å²) in [4.78, 5) is 16.5. The van der Waals surface area contributed by atoms with Crippen molar-refractivity contribution in [2.45, 2.75) is 0 Å². The van der Waals surface area contributed by atoms with Crippen LogP contribution >= 0.6 is 11.6 Å². The number of nitrogens with one attached hydrogen (secondary N) is 2. The lowest BCUT2D eigenvalue weighted by atomic mass is 10.2. The van der Waals surface area contributed by atoms with E-state index in [9.17, 15) is 4.79 Å². The van der Waals surface area contributed by atoms with Gasteiger partial charge in [0.1, 0.15) is 5.82 Å². The molecule has 1 aliphatic rings. The van der Waals surface area contributed by atoms with E-state index in [1.807, 2.05) is 18.2 Å². The summed E-state index contributed by atoms with van der Waals surface area (Å²) < 4.78 is 10.6. The van der Waals surface area contributed by atoms with Crippen LogP contribution in [0.25, 0.3) is 0 Å². The fourth-order valence-electron chi connectivity index (χ4n) is 2.50. The van der Waals surface area contributed by atoms with E-state index in [0.717, 1.165) is 11.4 Å². The van der Waals surface area contributed by atoms with Gasteiger partial charge in [-0.25, -0.2) is 4.98 Å². The molecule has 0 fully saturated rings. The number of carbonyl (C=O) groups excluding carboxylic acids is 1. The second-order valence-corrected chi connectivity index (χ2v) is 6.03. The molecule has 2 aromatic carbocycles. The molecule has 0 radical (unpaired) electrons. The first-order chi connectivity index (χ1) is 12.7. The molecule has 0 saturated heterocycles. The van der Waals surface area contributed by atoms with Crippen molar-refractivity contribution >= 4 is 34.7 Å². The van der Waals surface area contributed by atoms with Gasteiger partial charge in [-0.2, -0.15) is 0 Å². The lowest BCUT2D eigenvalue weighted by Crippen LogP contribution is -2.12. The van der Waals surface area contributed by atoms with Crippen molar-refractivity contribution in [3.8, 4) is 11.5 Å². The van der Waals surface area contributed by atoms with Gasteiger partial charge in [-0.15, -0.1) is 0 Å². The van der Waals surface area contributed by atoms with Gasteiger partial charge in [0.05, 0.1) is 11.9 Å². The van der Waals surface area contributed by atoms with Gasteiger partial charge in [-0.05, 0) is 42.5 Å². The Morgan fingerprint density at radius 1 is 1.00 bits per heavy atom. The van der Waals surface area contributed by atoms with E-state index in [-0.39, 0.29) is 12.7 Å². The van der Waals surface area contributed by atoms with E-state index < -0.39 is 0 Å². The maximum atomic E-state index is 12.2. The molecule has 2 N–H and O–H groups in total. The van der Waals surface area contributed by atoms with Gasteiger partial charge in [0.2, 0.25) is 6.79 Å². The third-order valence-electron chi connectivity index (χ3n) is 3.75. The van der Waals surface area contributed by atoms with Gasteiger partial charge >= 0.3 is 0 Å². The van der Waals surface area contributed by atoms with Crippen LogP contribution in [0.15, 0.2) is 60.8 Å². The van der Waals surface area contributed by atoms with Gasteiger partial charge in [0.15, 0.2) is 11.5 Å². The highest BCUT2D eigenvalue weighted by atomic mass is 35.5. The number of carbonyl (C=O) groups is 1. The Hall–Kier alpha value is -3.25.